The van der Waals surface area contributed by atoms with Crippen molar-refractivity contribution in [3.63, 3.8) is 0 Å². The summed E-state index contributed by atoms with van der Waals surface area (Å²) in [6.07, 6.45) is -3.43. The quantitative estimate of drug-likeness (QED) is 0.870. The molecule has 1 rings (SSSR count). The smallest absolute Gasteiger partial charge is 0.413 e. The van der Waals surface area contributed by atoms with Crippen LogP contribution in [0.5, 0.6) is 0 Å². The molecule has 19 heavy (non-hydrogen) atoms. The largest absolute Gasteiger partial charge is 0.598 e. The number of nitrogens with one attached hydrogen (secondary N) is 1. The van der Waals surface area contributed by atoms with Crippen LogP contribution < -0.4 is 4.72 Å². The van der Waals surface area contributed by atoms with Crippen LogP contribution in [0.1, 0.15) is 32.5 Å². The minimum atomic E-state index is -4.64. The Hall–Kier alpha value is -0.500. The van der Waals surface area contributed by atoms with E-state index in [4.69, 9.17) is 11.6 Å². The van der Waals surface area contributed by atoms with Crippen LogP contribution in [0.2, 0.25) is 5.02 Å². The van der Waals surface area contributed by atoms with Crippen molar-refractivity contribution in [3.05, 3.63) is 29.0 Å². The maximum Gasteiger partial charge on any atom is 0.413 e. The van der Waals surface area contributed by atoms with Gasteiger partial charge >= 0.3 is 6.18 Å². The van der Waals surface area contributed by atoms with Crippen LogP contribution in [0.15, 0.2) is 18.3 Å². The molecule has 0 aliphatic rings. The minimum absolute atomic E-state index is 0.122. The molecule has 2 atom stereocenters. The first-order valence-electron chi connectivity index (χ1n) is 5.38. The minimum Gasteiger partial charge on any atom is -0.598 e. The lowest BCUT2D eigenvalue weighted by atomic mass is 10.2. The van der Waals surface area contributed by atoms with Gasteiger partial charge in [-0.25, -0.2) is 0 Å². The zero-order valence-electron chi connectivity index (χ0n) is 10.6. The second kappa shape index (κ2) is 5.87. The van der Waals surface area contributed by atoms with Crippen molar-refractivity contribution in [2.45, 2.75) is 37.7 Å². The van der Waals surface area contributed by atoms with Gasteiger partial charge in [0.25, 0.3) is 0 Å². The second-order valence-corrected chi connectivity index (χ2v) is 7.25. The van der Waals surface area contributed by atoms with Crippen molar-refractivity contribution in [3.8, 4) is 0 Å². The van der Waals surface area contributed by atoms with Gasteiger partial charge < -0.3 is 4.55 Å². The van der Waals surface area contributed by atoms with Crippen molar-refractivity contribution in [2.75, 3.05) is 0 Å². The first-order chi connectivity index (χ1) is 8.53. The van der Waals surface area contributed by atoms with Gasteiger partial charge in [-0.05, 0) is 32.9 Å². The summed E-state index contributed by atoms with van der Waals surface area (Å²) in [6, 6.07) is 0.575. The number of alkyl halides is 3. The third kappa shape index (κ3) is 4.52. The molecule has 0 radical (unpaired) electrons. The number of pyridine rings is 1. The summed E-state index contributed by atoms with van der Waals surface area (Å²) in [5.41, 5.74) is -0.380. The average molecular weight is 315 g/mol. The Kier molecular flexibility index (Phi) is 5.11. The molecule has 0 fully saturated rings. The molecular formula is C11H14ClF3N2OS. The van der Waals surface area contributed by atoms with Gasteiger partial charge in [0.15, 0.2) is 6.04 Å². The molecule has 1 heterocycles. The fourth-order valence-corrected chi connectivity index (χ4v) is 2.22. The highest BCUT2D eigenvalue weighted by Gasteiger charge is 2.47. The van der Waals surface area contributed by atoms with Crippen molar-refractivity contribution >= 4 is 23.0 Å². The lowest BCUT2D eigenvalue weighted by Gasteiger charge is -2.28. The first-order valence-corrected chi connectivity index (χ1v) is 6.91. The van der Waals surface area contributed by atoms with Crippen LogP contribution >= 0.6 is 11.6 Å². The highest BCUT2D eigenvalue weighted by Crippen LogP contribution is 2.36. The molecule has 0 amide bonds. The molecule has 1 aromatic heterocycles. The summed E-state index contributed by atoms with van der Waals surface area (Å²) in [5, 5.41) is -0.122. The predicted octanol–water partition coefficient (Wildman–Crippen LogP) is 3.39. The van der Waals surface area contributed by atoms with Crippen LogP contribution in [-0.2, 0) is 11.4 Å². The van der Waals surface area contributed by atoms with Gasteiger partial charge in [-0.2, -0.15) is 13.2 Å². The number of halogens is 4. The SMILES string of the molecule is CC(C)(C)[S@+]([O-])NC(c1ncccc1Cl)C(F)(F)F. The Morgan fingerprint density at radius 1 is 1.37 bits per heavy atom. The number of hydrogen-bond acceptors (Lipinski definition) is 3. The number of rotatable bonds is 3. The molecule has 0 aromatic carbocycles. The lowest BCUT2D eigenvalue weighted by Crippen LogP contribution is -2.46. The molecule has 8 heteroatoms. The molecule has 1 aromatic rings. The van der Waals surface area contributed by atoms with Gasteiger partial charge in [-0.1, -0.05) is 11.6 Å². The fourth-order valence-electron chi connectivity index (χ4n) is 1.17. The van der Waals surface area contributed by atoms with Gasteiger partial charge in [-0.15, -0.1) is 4.72 Å². The first kappa shape index (κ1) is 16.6. The zero-order chi connectivity index (χ0) is 14.8. The third-order valence-corrected chi connectivity index (χ3v) is 4.05. The van der Waals surface area contributed by atoms with Crippen LogP contribution in [0.3, 0.4) is 0 Å². The second-order valence-electron chi connectivity index (χ2n) is 4.84. The van der Waals surface area contributed by atoms with Gasteiger partial charge in [0, 0.05) is 17.6 Å². The average Bonchev–Trinajstić information content (AvgIpc) is 2.24. The summed E-state index contributed by atoms with van der Waals surface area (Å²) in [6.45, 7) is 4.72. The summed E-state index contributed by atoms with van der Waals surface area (Å²) < 4.78 is 52.2. The maximum atomic E-state index is 13.0. The molecule has 0 aliphatic heterocycles. The van der Waals surface area contributed by atoms with Gasteiger partial charge in [0.2, 0.25) is 0 Å². The molecule has 0 saturated heterocycles. The summed E-state index contributed by atoms with van der Waals surface area (Å²) in [5.74, 6) is 0. The highest BCUT2D eigenvalue weighted by atomic mass is 35.5. The van der Waals surface area contributed by atoms with Crippen LogP contribution in [-0.4, -0.2) is 20.5 Å². The lowest BCUT2D eigenvalue weighted by molar-refractivity contribution is -0.153. The molecule has 0 saturated carbocycles. The molecule has 1 unspecified atom stereocenters. The predicted molar refractivity (Wildman–Crippen MR) is 69.1 cm³/mol. The van der Waals surface area contributed by atoms with E-state index in [2.05, 4.69) is 9.71 Å². The topological polar surface area (TPSA) is 48.0 Å². The highest BCUT2D eigenvalue weighted by molar-refractivity contribution is 7.90. The Balaban J connectivity index is 3.08. The van der Waals surface area contributed by atoms with Crippen LogP contribution in [0, 0.1) is 0 Å². The zero-order valence-corrected chi connectivity index (χ0v) is 12.2. The standard InChI is InChI=1S/C11H14ClF3N2OS/c1-10(2,3)19(18)17-9(11(13,14)15)8-7(12)5-4-6-16-8/h4-6,9,17H,1-3H3/t9?,19-/m0/s1. The van der Waals surface area contributed by atoms with Gasteiger partial charge in [-0.3, -0.25) is 4.98 Å². The number of hydrogen-bond donors (Lipinski definition) is 1. The van der Waals surface area contributed by atoms with E-state index in [0.29, 0.717) is 0 Å². The Morgan fingerprint density at radius 3 is 2.37 bits per heavy atom. The van der Waals surface area contributed by atoms with Crippen molar-refractivity contribution in [2.24, 2.45) is 0 Å². The number of aromatic nitrogens is 1. The molecule has 0 spiro atoms. The summed E-state index contributed by atoms with van der Waals surface area (Å²) >= 11 is 3.83. The maximum absolute atomic E-state index is 13.0. The molecule has 0 aliphatic carbocycles. The van der Waals surface area contributed by atoms with Crippen LogP contribution in [0.25, 0.3) is 0 Å². The van der Waals surface area contributed by atoms with E-state index in [1.165, 1.54) is 18.3 Å². The van der Waals surface area contributed by atoms with Crippen molar-refractivity contribution in [1.82, 2.24) is 9.71 Å². The summed E-state index contributed by atoms with van der Waals surface area (Å²) in [7, 11) is 0. The molecule has 1 N–H and O–H groups in total. The van der Waals surface area contributed by atoms with E-state index >= 15 is 0 Å². The van der Waals surface area contributed by atoms with E-state index in [9.17, 15) is 17.7 Å². The van der Waals surface area contributed by atoms with Gasteiger partial charge in [0.05, 0.1) is 10.7 Å². The number of nitrogens with zero attached hydrogens (tertiary/aromatic N) is 1. The van der Waals surface area contributed by atoms with E-state index < -0.39 is 28.3 Å². The van der Waals surface area contributed by atoms with Crippen LogP contribution in [0.4, 0.5) is 13.2 Å². The third-order valence-electron chi connectivity index (χ3n) is 2.17. The Morgan fingerprint density at radius 2 is 1.95 bits per heavy atom. The Bertz CT molecular complexity index is 437. The van der Waals surface area contributed by atoms with Crippen molar-refractivity contribution in [1.29, 1.82) is 0 Å². The van der Waals surface area contributed by atoms with Crippen molar-refractivity contribution < 1.29 is 17.7 Å². The molecule has 0 bridgehead atoms. The summed E-state index contributed by atoms with van der Waals surface area (Å²) in [4.78, 5) is 3.63. The molecule has 3 nitrogen and oxygen atoms in total. The Labute approximate surface area is 117 Å². The van der Waals surface area contributed by atoms with E-state index in [0.717, 1.165) is 0 Å². The van der Waals surface area contributed by atoms with E-state index in [1.54, 1.807) is 20.8 Å². The normalized spacial score (nSPS) is 16.2. The van der Waals surface area contributed by atoms with E-state index in [1.807, 2.05) is 0 Å². The van der Waals surface area contributed by atoms with E-state index in [-0.39, 0.29) is 10.7 Å². The monoisotopic (exact) mass is 314 g/mol. The molecule has 108 valence electrons. The fraction of sp³-hybridized carbons (Fsp3) is 0.545. The molecular weight excluding hydrogens is 301 g/mol. The van der Waals surface area contributed by atoms with Gasteiger partial charge in [0.1, 0.15) is 4.75 Å².